The van der Waals surface area contributed by atoms with Gasteiger partial charge in [0, 0.05) is 12.6 Å². The van der Waals surface area contributed by atoms with Gasteiger partial charge in [-0.15, -0.1) is 5.10 Å². The maximum atomic E-state index is 12.8. The van der Waals surface area contributed by atoms with Crippen molar-refractivity contribution in [3.05, 3.63) is 10.6 Å². The fourth-order valence-electron chi connectivity index (χ4n) is 2.71. The zero-order valence-electron chi connectivity index (χ0n) is 12.4. The molecule has 1 aliphatic rings. The van der Waals surface area contributed by atoms with E-state index in [1.54, 1.807) is 0 Å². The van der Waals surface area contributed by atoms with Crippen LogP contribution in [0.25, 0.3) is 0 Å². The van der Waals surface area contributed by atoms with Crippen LogP contribution in [0, 0.1) is 0 Å². The van der Waals surface area contributed by atoms with Gasteiger partial charge < -0.3 is 10.2 Å². The molecule has 1 aliphatic heterocycles. The van der Waals surface area contributed by atoms with Gasteiger partial charge in [0.15, 0.2) is 0 Å². The number of nitrogens with one attached hydrogen (secondary N) is 1. The molecule has 0 aromatic carbocycles. The van der Waals surface area contributed by atoms with E-state index < -0.39 is 0 Å². The summed E-state index contributed by atoms with van der Waals surface area (Å²) < 4.78 is 3.98. The zero-order chi connectivity index (χ0) is 14.4. The molecule has 0 bridgehead atoms. The number of hydrogen-bond donors (Lipinski definition) is 1. The predicted octanol–water partition coefficient (Wildman–Crippen LogP) is 2.09. The Kier molecular flexibility index (Phi) is 5.91. The second-order valence-corrected chi connectivity index (χ2v) is 6.03. The van der Waals surface area contributed by atoms with Crippen molar-refractivity contribution in [2.24, 2.45) is 0 Å². The van der Waals surface area contributed by atoms with Gasteiger partial charge in [-0.25, -0.2) is 0 Å². The third-order valence-electron chi connectivity index (χ3n) is 3.71. The number of carbonyl (C=O) groups is 1. The Hall–Kier alpha value is -1.01. The number of aryl methyl sites for hydroxylation is 1. The first-order valence-electron chi connectivity index (χ1n) is 7.60. The van der Waals surface area contributed by atoms with Crippen molar-refractivity contribution in [3.8, 4) is 0 Å². The number of rotatable bonds is 6. The SMILES string of the molecule is CCCc1nnsc1C(=O)N(CCC)C1CCNCC1. The highest BCUT2D eigenvalue weighted by Gasteiger charge is 2.28. The van der Waals surface area contributed by atoms with E-state index >= 15 is 0 Å². The first-order chi connectivity index (χ1) is 9.77. The first kappa shape index (κ1) is 15.4. The summed E-state index contributed by atoms with van der Waals surface area (Å²) in [7, 11) is 0. The van der Waals surface area contributed by atoms with Gasteiger partial charge in [-0.3, -0.25) is 4.79 Å². The van der Waals surface area contributed by atoms with Crippen LogP contribution >= 0.6 is 11.5 Å². The van der Waals surface area contributed by atoms with Crippen LogP contribution in [0.3, 0.4) is 0 Å². The molecular formula is C14H24N4OS. The zero-order valence-corrected chi connectivity index (χ0v) is 13.2. The number of nitrogens with zero attached hydrogens (tertiary/aromatic N) is 3. The molecule has 5 nitrogen and oxygen atoms in total. The second-order valence-electron chi connectivity index (χ2n) is 5.28. The summed E-state index contributed by atoms with van der Waals surface area (Å²) in [6, 6.07) is 0.361. The Balaban J connectivity index is 2.14. The first-order valence-corrected chi connectivity index (χ1v) is 8.38. The third kappa shape index (κ3) is 3.55. The van der Waals surface area contributed by atoms with Gasteiger partial charge in [0.1, 0.15) is 4.88 Å². The fourth-order valence-corrected chi connectivity index (χ4v) is 3.38. The fraction of sp³-hybridized carbons (Fsp3) is 0.786. The Morgan fingerprint density at radius 2 is 2.10 bits per heavy atom. The number of piperidine rings is 1. The molecular weight excluding hydrogens is 272 g/mol. The molecule has 0 atom stereocenters. The molecule has 2 heterocycles. The van der Waals surface area contributed by atoms with Crippen molar-refractivity contribution >= 4 is 17.4 Å². The van der Waals surface area contributed by atoms with Gasteiger partial charge >= 0.3 is 0 Å². The van der Waals surface area contributed by atoms with E-state index in [2.05, 4.69) is 33.7 Å². The van der Waals surface area contributed by atoms with E-state index in [-0.39, 0.29) is 5.91 Å². The monoisotopic (exact) mass is 296 g/mol. The lowest BCUT2D eigenvalue weighted by Gasteiger charge is -2.34. The highest BCUT2D eigenvalue weighted by Crippen LogP contribution is 2.20. The maximum Gasteiger partial charge on any atom is 0.267 e. The molecule has 1 aromatic rings. The van der Waals surface area contributed by atoms with Crippen molar-refractivity contribution in [1.82, 2.24) is 19.8 Å². The molecule has 1 aromatic heterocycles. The van der Waals surface area contributed by atoms with Crippen LogP contribution in [-0.4, -0.2) is 46.1 Å². The molecule has 0 radical (unpaired) electrons. The predicted molar refractivity (Wildman–Crippen MR) is 81.1 cm³/mol. The quantitative estimate of drug-likeness (QED) is 0.873. The van der Waals surface area contributed by atoms with Crippen LogP contribution in [0.4, 0.5) is 0 Å². The number of hydrogen-bond acceptors (Lipinski definition) is 5. The Labute approximate surface area is 124 Å². The highest BCUT2D eigenvalue weighted by molar-refractivity contribution is 7.08. The van der Waals surface area contributed by atoms with Gasteiger partial charge in [0.25, 0.3) is 5.91 Å². The molecule has 6 heteroatoms. The number of aromatic nitrogens is 2. The van der Waals surface area contributed by atoms with Gasteiger partial charge in [0.2, 0.25) is 0 Å². The van der Waals surface area contributed by atoms with E-state index in [4.69, 9.17) is 0 Å². The minimum atomic E-state index is 0.136. The molecule has 0 spiro atoms. The summed E-state index contributed by atoms with van der Waals surface area (Å²) in [6.45, 7) is 7.05. The lowest BCUT2D eigenvalue weighted by molar-refractivity contribution is 0.0646. The molecule has 1 N–H and O–H groups in total. The van der Waals surface area contributed by atoms with Gasteiger partial charge in [0.05, 0.1) is 5.69 Å². The van der Waals surface area contributed by atoms with Crippen LogP contribution in [-0.2, 0) is 6.42 Å². The van der Waals surface area contributed by atoms with Gasteiger partial charge in [-0.05, 0) is 50.3 Å². The van der Waals surface area contributed by atoms with Crippen molar-refractivity contribution in [2.45, 2.75) is 52.0 Å². The van der Waals surface area contributed by atoms with Gasteiger partial charge in [-0.2, -0.15) is 0 Å². The van der Waals surface area contributed by atoms with E-state index in [1.807, 2.05) is 0 Å². The average molecular weight is 296 g/mol. The van der Waals surface area contributed by atoms with Crippen molar-refractivity contribution in [3.63, 3.8) is 0 Å². The molecule has 112 valence electrons. The summed E-state index contributed by atoms with van der Waals surface area (Å²) in [4.78, 5) is 15.6. The minimum absolute atomic E-state index is 0.136. The molecule has 0 aliphatic carbocycles. The summed E-state index contributed by atoms with van der Waals surface area (Å²) in [5.41, 5.74) is 0.873. The van der Waals surface area contributed by atoms with E-state index in [9.17, 15) is 4.79 Å². The normalized spacial score (nSPS) is 16.3. The van der Waals surface area contributed by atoms with Crippen LogP contribution in [0.2, 0.25) is 0 Å². The summed E-state index contributed by atoms with van der Waals surface area (Å²) >= 11 is 1.25. The molecule has 1 amide bonds. The number of amides is 1. The Morgan fingerprint density at radius 3 is 2.75 bits per heavy atom. The smallest absolute Gasteiger partial charge is 0.267 e. The van der Waals surface area contributed by atoms with E-state index in [0.717, 1.165) is 62.3 Å². The molecule has 1 saturated heterocycles. The maximum absolute atomic E-state index is 12.8. The summed E-state index contributed by atoms with van der Waals surface area (Å²) in [5, 5.41) is 7.48. The largest absolute Gasteiger partial charge is 0.335 e. The molecule has 0 unspecified atom stereocenters. The van der Waals surface area contributed by atoms with Crippen molar-refractivity contribution in [1.29, 1.82) is 0 Å². The summed E-state index contributed by atoms with van der Waals surface area (Å²) in [5.74, 6) is 0.136. The van der Waals surface area contributed by atoms with Gasteiger partial charge in [-0.1, -0.05) is 24.8 Å². The van der Waals surface area contributed by atoms with Crippen LogP contribution in [0.1, 0.15) is 54.9 Å². The number of carbonyl (C=O) groups excluding carboxylic acids is 1. The topological polar surface area (TPSA) is 58.1 Å². The molecule has 20 heavy (non-hydrogen) atoms. The average Bonchev–Trinajstić information content (AvgIpc) is 2.94. The minimum Gasteiger partial charge on any atom is -0.335 e. The lowest BCUT2D eigenvalue weighted by Crippen LogP contribution is -2.46. The van der Waals surface area contributed by atoms with E-state index in [0.29, 0.717) is 6.04 Å². The van der Waals surface area contributed by atoms with Crippen molar-refractivity contribution in [2.75, 3.05) is 19.6 Å². The second kappa shape index (κ2) is 7.69. The van der Waals surface area contributed by atoms with Crippen LogP contribution < -0.4 is 5.32 Å². The lowest BCUT2D eigenvalue weighted by atomic mass is 10.0. The molecule has 1 fully saturated rings. The molecule has 0 saturated carbocycles. The van der Waals surface area contributed by atoms with Crippen LogP contribution in [0.15, 0.2) is 0 Å². The van der Waals surface area contributed by atoms with E-state index in [1.165, 1.54) is 11.5 Å². The molecule has 2 rings (SSSR count). The standard InChI is InChI=1S/C14H24N4OS/c1-3-5-12-13(20-17-16-12)14(19)18(10-4-2)11-6-8-15-9-7-11/h11,15H,3-10H2,1-2H3. The van der Waals surface area contributed by atoms with Crippen LogP contribution in [0.5, 0.6) is 0 Å². The Bertz CT molecular complexity index is 429. The third-order valence-corrected chi connectivity index (χ3v) is 4.47. The van der Waals surface area contributed by atoms with Crippen molar-refractivity contribution < 1.29 is 4.79 Å². The highest BCUT2D eigenvalue weighted by atomic mass is 32.1. The summed E-state index contributed by atoms with van der Waals surface area (Å²) in [6.07, 6.45) is 4.91. The Morgan fingerprint density at radius 1 is 1.35 bits per heavy atom.